The minimum absolute atomic E-state index is 0.0376. The van der Waals surface area contributed by atoms with Crippen LogP contribution in [0.5, 0.6) is 0 Å². The molecule has 0 saturated carbocycles. The number of hydrogen-bond acceptors (Lipinski definition) is 4. The topological polar surface area (TPSA) is 52.7 Å². The van der Waals surface area contributed by atoms with Gasteiger partial charge in [-0.05, 0) is 79.5 Å². The van der Waals surface area contributed by atoms with Crippen LogP contribution in [0.15, 0.2) is 48.0 Å². The van der Waals surface area contributed by atoms with E-state index >= 15 is 0 Å². The molecule has 0 aliphatic carbocycles. The summed E-state index contributed by atoms with van der Waals surface area (Å²) >= 11 is 11.3. The van der Waals surface area contributed by atoms with Gasteiger partial charge in [-0.15, -0.1) is 0 Å². The number of thiocarbonyl (C=S) groups is 1. The minimum atomic E-state index is -0.499. The number of hydrogen-bond donors (Lipinski definition) is 1. The molecule has 0 bridgehead atoms. The highest BCUT2D eigenvalue weighted by atomic mass is 35.5. The van der Waals surface area contributed by atoms with Crippen LogP contribution in [0.4, 0.5) is 11.4 Å². The van der Waals surface area contributed by atoms with Crippen LogP contribution in [0.2, 0.25) is 5.02 Å². The number of aryl methyl sites for hydroxylation is 1. The zero-order valence-corrected chi connectivity index (χ0v) is 17.5. The van der Waals surface area contributed by atoms with Crippen molar-refractivity contribution in [2.24, 2.45) is 0 Å². The standard InChI is InChI=1S/C22H20ClN3O2S/c1-14-11-17(25-9-2-3-10-25)8-7-15(14)12-19-20(27)24-22(29)26(21(19)28)18-6-4-5-16(23)13-18/h4-8,11-13H,2-3,9-10H2,1H3,(H,24,27,29). The van der Waals surface area contributed by atoms with Crippen LogP contribution in [-0.2, 0) is 9.59 Å². The molecule has 0 aromatic heterocycles. The molecule has 1 N–H and O–H groups in total. The van der Waals surface area contributed by atoms with E-state index < -0.39 is 11.8 Å². The molecule has 2 aliphatic rings. The van der Waals surface area contributed by atoms with Crippen LogP contribution in [0.1, 0.15) is 24.0 Å². The molecule has 7 heteroatoms. The average molecular weight is 426 g/mol. The molecule has 2 fully saturated rings. The predicted molar refractivity (Wildman–Crippen MR) is 120 cm³/mol. The lowest BCUT2D eigenvalue weighted by Gasteiger charge is -2.29. The van der Waals surface area contributed by atoms with Gasteiger partial charge in [0.05, 0.1) is 5.69 Å². The smallest absolute Gasteiger partial charge is 0.270 e. The minimum Gasteiger partial charge on any atom is -0.372 e. The Bertz CT molecular complexity index is 1040. The Balaban J connectivity index is 1.67. The van der Waals surface area contributed by atoms with Crippen LogP contribution in [-0.4, -0.2) is 30.0 Å². The highest BCUT2D eigenvalue weighted by molar-refractivity contribution is 7.80. The largest absolute Gasteiger partial charge is 0.372 e. The van der Waals surface area contributed by atoms with Crippen molar-refractivity contribution in [1.82, 2.24) is 5.32 Å². The lowest BCUT2D eigenvalue weighted by atomic mass is 10.0. The quantitative estimate of drug-likeness (QED) is 0.457. The maximum Gasteiger partial charge on any atom is 0.270 e. The fourth-order valence-corrected chi connectivity index (χ4v) is 4.12. The van der Waals surface area contributed by atoms with E-state index in [2.05, 4.69) is 16.3 Å². The summed E-state index contributed by atoms with van der Waals surface area (Å²) in [6, 6.07) is 12.9. The van der Waals surface area contributed by atoms with E-state index in [1.807, 2.05) is 19.1 Å². The Hall–Kier alpha value is -2.70. The number of benzene rings is 2. The van der Waals surface area contributed by atoms with Gasteiger partial charge in [-0.3, -0.25) is 19.8 Å². The monoisotopic (exact) mass is 425 g/mol. The van der Waals surface area contributed by atoms with Gasteiger partial charge in [0.25, 0.3) is 11.8 Å². The van der Waals surface area contributed by atoms with Crippen molar-refractivity contribution in [1.29, 1.82) is 0 Å². The molecule has 2 aromatic rings. The normalized spacial score (nSPS) is 18.6. The zero-order chi connectivity index (χ0) is 20.5. The second-order valence-electron chi connectivity index (χ2n) is 7.17. The molecule has 2 aromatic carbocycles. The van der Waals surface area contributed by atoms with Gasteiger partial charge >= 0.3 is 0 Å². The van der Waals surface area contributed by atoms with Crippen molar-refractivity contribution in [3.8, 4) is 0 Å². The van der Waals surface area contributed by atoms with E-state index in [4.69, 9.17) is 23.8 Å². The molecule has 5 nitrogen and oxygen atoms in total. The van der Waals surface area contributed by atoms with Crippen LogP contribution in [0.3, 0.4) is 0 Å². The van der Waals surface area contributed by atoms with Gasteiger partial charge < -0.3 is 4.90 Å². The fourth-order valence-electron chi connectivity index (χ4n) is 3.66. The van der Waals surface area contributed by atoms with Crippen molar-refractivity contribution in [2.45, 2.75) is 19.8 Å². The fraction of sp³-hybridized carbons (Fsp3) is 0.227. The highest BCUT2D eigenvalue weighted by Gasteiger charge is 2.34. The molecule has 2 amide bonds. The van der Waals surface area contributed by atoms with Crippen molar-refractivity contribution in [3.63, 3.8) is 0 Å². The molecule has 2 saturated heterocycles. The van der Waals surface area contributed by atoms with E-state index in [-0.39, 0.29) is 10.7 Å². The van der Waals surface area contributed by atoms with Gasteiger partial charge in [-0.1, -0.05) is 23.7 Å². The first-order valence-corrected chi connectivity index (χ1v) is 10.3. The first-order valence-electron chi connectivity index (χ1n) is 9.46. The van der Waals surface area contributed by atoms with Crippen molar-refractivity contribution in [2.75, 3.05) is 22.9 Å². The summed E-state index contributed by atoms with van der Waals surface area (Å²) in [6.07, 6.45) is 4.04. The summed E-state index contributed by atoms with van der Waals surface area (Å²) in [7, 11) is 0. The third kappa shape index (κ3) is 3.91. The highest BCUT2D eigenvalue weighted by Crippen LogP contribution is 2.27. The molecule has 148 valence electrons. The van der Waals surface area contributed by atoms with Crippen molar-refractivity contribution in [3.05, 3.63) is 64.2 Å². The summed E-state index contributed by atoms with van der Waals surface area (Å²) in [5.41, 5.74) is 3.55. The lowest BCUT2D eigenvalue weighted by molar-refractivity contribution is -0.122. The molecule has 0 radical (unpaired) electrons. The molecule has 0 atom stereocenters. The number of halogens is 1. The SMILES string of the molecule is Cc1cc(N2CCCC2)ccc1C=C1C(=O)NC(=S)N(c2cccc(Cl)c2)C1=O. The maximum atomic E-state index is 13.1. The Labute approximate surface area is 179 Å². The summed E-state index contributed by atoms with van der Waals surface area (Å²) in [5, 5.41) is 3.12. The first-order chi connectivity index (χ1) is 13.9. The van der Waals surface area contributed by atoms with Gasteiger partial charge in [-0.25, -0.2) is 0 Å². The molecule has 0 unspecified atom stereocenters. The van der Waals surface area contributed by atoms with E-state index in [1.165, 1.54) is 23.4 Å². The van der Waals surface area contributed by atoms with Crippen LogP contribution in [0.25, 0.3) is 6.08 Å². The number of nitrogens with one attached hydrogen (secondary N) is 1. The van der Waals surface area contributed by atoms with Crippen molar-refractivity contribution >= 4 is 58.2 Å². The zero-order valence-electron chi connectivity index (χ0n) is 15.9. The van der Waals surface area contributed by atoms with E-state index in [0.717, 1.165) is 24.2 Å². The van der Waals surface area contributed by atoms with Crippen LogP contribution < -0.4 is 15.1 Å². The summed E-state index contributed by atoms with van der Waals surface area (Å²) in [5.74, 6) is -0.967. The summed E-state index contributed by atoms with van der Waals surface area (Å²) < 4.78 is 0. The van der Waals surface area contributed by atoms with Gasteiger partial charge in [0.15, 0.2) is 5.11 Å². The molecule has 29 heavy (non-hydrogen) atoms. The van der Waals surface area contributed by atoms with E-state index in [0.29, 0.717) is 10.7 Å². The number of carbonyl (C=O) groups excluding carboxylic acids is 2. The third-order valence-corrected chi connectivity index (χ3v) is 5.71. The first kappa shape index (κ1) is 19.6. The molecule has 2 aliphatic heterocycles. The van der Waals surface area contributed by atoms with Crippen molar-refractivity contribution < 1.29 is 9.59 Å². The number of amides is 2. The summed E-state index contributed by atoms with van der Waals surface area (Å²) in [4.78, 5) is 29.3. The van der Waals surface area contributed by atoms with Crippen LogP contribution >= 0.6 is 23.8 Å². The maximum absolute atomic E-state index is 13.1. The van der Waals surface area contributed by atoms with Gasteiger partial charge in [0.1, 0.15) is 5.57 Å². The molecular formula is C22H20ClN3O2S. The number of anilines is 2. The third-order valence-electron chi connectivity index (χ3n) is 5.19. The Morgan fingerprint density at radius 3 is 2.52 bits per heavy atom. The number of carbonyl (C=O) groups is 2. The molecule has 4 rings (SSSR count). The van der Waals surface area contributed by atoms with E-state index in [1.54, 1.807) is 30.3 Å². The average Bonchev–Trinajstić information content (AvgIpc) is 3.21. The Morgan fingerprint density at radius 1 is 1.07 bits per heavy atom. The summed E-state index contributed by atoms with van der Waals surface area (Å²) in [6.45, 7) is 4.11. The Kier molecular flexibility index (Phi) is 5.39. The van der Waals surface area contributed by atoms with Crippen LogP contribution in [0, 0.1) is 6.92 Å². The molecule has 0 spiro atoms. The lowest BCUT2D eigenvalue weighted by Crippen LogP contribution is -2.54. The molecule has 2 heterocycles. The van der Waals surface area contributed by atoms with Gasteiger partial charge in [-0.2, -0.15) is 0 Å². The second kappa shape index (κ2) is 7.97. The second-order valence-corrected chi connectivity index (χ2v) is 8.00. The van der Waals surface area contributed by atoms with E-state index in [9.17, 15) is 9.59 Å². The molecular weight excluding hydrogens is 406 g/mol. The van der Waals surface area contributed by atoms with Gasteiger partial charge in [0, 0.05) is 23.8 Å². The van der Waals surface area contributed by atoms with Gasteiger partial charge in [0.2, 0.25) is 0 Å². The Morgan fingerprint density at radius 2 is 1.83 bits per heavy atom. The number of nitrogens with zero attached hydrogens (tertiary/aromatic N) is 2. The number of rotatable bonds is 3. The predicted octanol–water partition coefficient (Wildman–Crippen LogP) is 4.08.